The molecule has 70 valence electrons. The second-order valence-electron chi connectivity index (χ2n) is 3.11. The maximum absolute atomic E-state index is 5.59. The number of ether oxygens (including phenoxy) is 1. The summed E-state index contributed by atoms with van der Waals surface area (Å²) in [5.74, 6) is 0. The fourth-order valence-corrected chi connectivity index (χ4v) is 1.87. The predicted octanol–water partition coefficient (Wildman–Crippen LogP) is 2.46. The minimum absolute atomic E-state index is 0.0752. The SMILES string of the molecule is Brc1cccc(C2NCCCO2)c1. The number of hydrogen-bond acceptors (Lipinski definition) is 2. The van der Waals surface area contributed by atoms with Crippen LogP contribution in [0.1, 0.15) is 18.2 Å². The molecule has 0 aliphatic carbocycles. The average Bonchev–Trinajstić information content (AvgIpc) is 2.19. The lowest BCUT2D eigenvalue weighted by Crippen LogP contribution is -2.31. The van der Waals surface area contributed by atoms with Gasteiger partial charge < -0.3 is 4.74 Å². The van der Waals surface area contributed by atoms with Gasteiger partial charge in [0.2, 0.25) is 0 Å². The first-order valence-electron chi connectivity index (χ1n) is 4.47. The van der Waals surface area contributed by atoms with Gasteiger partial charge in [-0.2, -0.15) is 0 Å². The molecular formula is C10H12BrNO. The van der Waals surface area contributed by atoms with Crippen molar-refractivity contribution in [2.75, 3.05) is 13.2 Å². The van der Waals surface area contributed by atoms with Crippen LogP contribution in [0, 0.1) is 0 Å². The number of halogens is 1. The Labute approximate surface area is 86.4 Å². The Hall–Kier alpha value is -0.380. The molecule has 0 amide bonds. The third-order valence-corrected chi connectivity index (χ3v) is 2.58. The van der Waals surface area contributed by atoms with Crippen LogP contribution in [-0.4, -0.2) is 13.2 Å². The molecule has 2 rings (SSSR count). The van der Waals surface area contributed by atoms with Crippen LogP contribution in [0.3, 0.4) is 0 Å². The fraction of sp³-hybridized carbons (Fsp3) is 0.400. The molecule has 1 fully saturated rings. The van der Waals surface area contributed by atoms with Gasteiger partial charge in [-0.05, 0) is 24.1 Å². The highest BCUT2D eigenvalue weighted by Gasteiger charge is 2.14. The molecule has 1 saturated heterocycles. The monoisotopic (exact) mass is 241 g/mol. The molecule has 1 aliphatic rings. The minimum Gasteiger partial charge on any atom is -0.359 e. The van der Waals surface area contributed by atoms with Gasteiger partial charge in [0.15, 0.2) is 0 Å². The molecule has 0 radical (unpaired) electrons. The van der Waals surface area contributed by atoms with Crippen molar-refractivity contribution in [1.82, 2.24) is 5.32 Å². The third kappa shape index (κ3) is 2.30. The van der Waals surface area contributed by atoms with E-state index in [1.165, 1.54) is 5.56 Å². The van der Waals surface area contributed by atoms with E-state index in [9.17, 15) is 0 Å². The van der Waals surface area contributed by atoms with Crippen molar-refractivity contribution in [3.05, 3.63) is 34.3 Å². The summed E-state index contributed by atoms with van der Waals surface area (Å²) < 4.78 is 6.69. The topological polar surface area (TPSA) is 21.3 Å². The number of nitrogens with one attached hydrogen (secondary N) is 1. The van der Waals surface area contributed by atoms with Crippen LogP contribution in [0.5, 0.6) is 0 Å². The van der Waals surface area contributed by atoms with E-state index < -0.39 is 0 Å². The second kappa shape index (κ2) is 4.22. The summed E-state index contributed by atoms with van der Waals surface area (Å²) in [6.45, 7) is 1.89. The van der Waals surface area contributed by atoms with Gasteiger partial charge in [-0.25, -0.2) is 0 Å². The van der Waals surface area contributed by atoms with Gasteiger partial charge in [-0.15, -0.1) is 0 Å². The number of benzene rings is 1. The first-order chi connectivity index (χ1) is 6.36. The van der Waals surface area contributed by atoms with E-state index in [1.807, 2.05) is 12.1 Å². The summed E-state index contributed by atoms with van der Waals surface area (Å²) in [6.07, 6.45) is 1.18. The molecule has 1 aromatic rings. The maximum atomic E-state index is 5.59. The largest absolute Gasteiger partial charge is 0.359 e. The molecule has 1 aromatic carbocycles. The molecule has 2 nitrogen and oxygen atoms in total. The summed E-state index contributed by atoms with van der Waals surface area (Å²) in [5.41, 5.74) is 1.19. The Morgan fingerprint density at radius 3 is 3.08 bits per heavy atom. The molecule has 1 aliphatic heterocycles. The Morgan fingerprint density at radius 1 is 1.46 bits per heavy atom. The van der Waals surface area contributed by atoms with Crippen molar-refractivity contribution < 1.29 is 4.74 Å². The molecule has 1 N–H and O–H groups in total. The summed E-state index contributed by atoms with van der Waals surface area (Å²) in [6, 6.07) is 8.21. The molecule has 3 heteroatoms. The van der Waals surface area contributed by atoms with Gasteiger partial charge in [-0.3, -0.25) is 5.32 Å². The van der Waals surface area contributed by atoms with Gasteiger partial charge in [0.05, 0.1) is 6.61 Å². The van der Waals surface area contributed by atoms with E-state index in [-0.39, 0.29) is 6.23 Å². The highest BCUT2D eigenvalue weighted by molar-refractivity contribution is 9.10. The molecule has 1 atom stereocenters. The van der Waals surface area contributed by atoms with Crippen molar-refractivity contribution in [3.63, 3.8) is 0 Å². The third-order valence-electron chi connectivity index (χ3n) is 2.09. The Kier molecular flexibility index (Phi) is 2.98. The first kappa shape index (κ1) is 9.19. The smallest absolute Gasteiger partial charge is 0.134 e. The molecule has 13 heavy (non-hydrogen) atoms. The van der Waals surface area contributed by atoms with Crippen LogP contribution in [-0.2, 0) is 4.74 Å². The molecule has 0 saturated carbocycles. The van der Waals surface area contributed by atoms with E-state index >= 15 is 0 Å². The quantitative estimate of drug-likeness (QED) is 0.816. The van der Waals surface area contributed by atoms with E-state index in [2.05, 4.69) is 33.4 Å². The van der Waals surface area contributed by atoms with Crippen LogP contribution in [0.4, 0.5) is 0 Å². The van der Waals surface area contributed by atoms with Gasteiger partial charge in [-0.1, -0.05) is 28.1 Å². The lowest BCUT2D eigenvalue weighted by atomic mass is 10.2. The van der Waals surface area contributed by atoms with Crippen LogP contribution < -0.4 is 5.32 Å². The lowest BCUT2D eigenvalue weighted by Gasteiger charge is -2.24. The van der Waals surface area contributed by atoms with Crippen molar-refractivity contribution in [1.29, 1.82) is 0 Å². The van der Waals surface area contributed by atoms with Gasteiger partial charge in [0, 0.05) is 11.0 Å². The van der Waals surface area contributed by atoms with Crippen molar-refractivity contribution in [2.45, 2.75) is 12.6 Å². The van der Waals surface area contributed by atoms with Gasteiger partial charge in [0.1, 0.15) is 6.23 Å². The Morgan fingerprint density at radius 2 is 2.38 bits per heavy atom. The Balaban J connectivity index is 2.14. The molecule has 0 bridgehead atoms. The second-order valence-corrected chi connectivity index (χ2v) is 4.03. The van der Waals surface area contributed by atoms with Crippen molar-refractivity contribution in [3.8, 4) is 0 Å². The molecule has 1 heterocycles. The van der Waals surface area contributed by atoms with E-state index in [0.717, 1.165) is 24.0 Å². The number of rotatable bonds is 1. The van der Waals surface area contributed by atoms with Crippen LogP contribution in [0.25, 0.3) is 0 Å². The van der Waals surface area contributed by atoms with E-state index in [1.54, 1.807) is 0 Å². The lowest BCUT2D eigenvalue weighted by molar-refractivity contribution is -0.000344. The maximum Gasteiger partial charge on any atom is 0.134 e. The van der Waals surface area contributed by atoms with E-state index in [4.69, 9.17) is 4.74 Å². The highest BCUT2D eigenvalue weighted by Crippen LogP contribution is 2.20. The summed E-state index contributed by atoms with van der Waals surface area (Å²) in [5, 5.41) is 3.32. The molecule has 1 unspecified atom stereocenters. The standard InChI is InChI=1S/C10H12BrNO/c11-9-4-1-3-8(7-9)10-12-5-2-6-13-10/h1,3-4,7,10,12H,2,5-6H2. The predicted molar refractivity (Wildman–Crippen MR) is 55.5 cm³/mol. The van der Waals surface area contributed by atoms with Crippen LogP contribution >= 0.6 is 15.9 Å². The highest BCUT2D eigenvalue weighted by atomic mass is 79.9. The summed E-state index contributed by atoms with van der Waals surface area (Å²) in [4.78, 5) is 0. The van der Waals surface area contributed by atoms with Crippen molar-refractivity contribution in [2.24, 2.45) is 0 Å². The zero-order chi connectivity index (χ0) is 9.10. The van der Waals surface area contributed by atoms with Crippen LogP contribution in [0.15, 0.2) is 28.7 Å². The average molecular weight is 242 g/mol. The van der Waals surface area contributed by atoms with Gasteiger partial charge in [0.25, 0.3) is 0 Å². The van der Waals surface area contributed by atoms with E-state index in [0.29, 0.717) is 0 Å². The zero-order valence-corrected chi connectivity index (χ0v) is 8.88. The zero-order valence-electron chi connectivity index (χ0n) is 7.29. The number of hydrogen-bond donors (Lipinski definition) is 1. The van der Waals surface area contributed by atoms with Crippen molar-refractivity contribution >= 4 is 15.9 Å². The first-order valence-corrected chi connectivity index (χ1v) is 5.26. The summed E-state index contributed by atoms with van der Waals surface area (Å²) in [7, 11) is 0. The van der Waals surface area contributed by atoms with Crippen LogP contribution in [0.2, 0.25) is 0 Å². The normalized spacial score (nSPS) is 23.0. The molecule has 0 aromatic heterocycles. The van der Waals surface area contributed by atoms with Gasteiger partial charge >= 0.3 is 0 Å². The molecule has 0 spiro atoms. The Bertz CT molecular complexity index is 284. The molecular weight excluding hydrogens is 230 g/mol. The minimum atomic E-state index is 0.0752. The fourth-order valence-electron chi connectivity index (χ4n) is 1.45. The summed E-state index contributed by atoms with van der Waals surface area (Å²) >= 11 is 3.45.